The molecule has 0 aliphatic rings. The monoisotopic (exact) mass is 238 g/mol. The third-order valence-electron chi connectivity index (χ3n) is 1.83. The molecule has 0 bridgehead atoms. The summed E-state index contributed by atoms with van der Waals surface area (Å²) in [4.78, 5) is 40.1. The Balaban J connectivity index is 2.71. The van der Waals surface area contributed by atoms with Crippen molar-refractivity contribution in [1.29, 1.82) is 0 Å². The molecule has 0 saturated carbocycles. The van der Waals surface area contributed by atoms with E-state index in [1.165, 1.54) is 18.7 Å². The Labute approximate surface area is 95.9 Å². The van der Waals surface area contributed by atoms with E-state index >= 15 is 0 Å². The fraction of sp³-hybridized carbons (Fsp3) is 0.222. The van der Waals surface area contributed by atoms with Gasteiger partial charge in [0.1, 0.15) is 12.4 Å². The maximum atomic E-state index is 11.5. The molecule has 1 aromatic heterocycles. The molecular weight excluding hydrogens is 228 g/mol. The lowest BCUT2D eigenvalue weighted by Crippen LogP contribution is -2.43. The highest BCUT2D eigenvalue weighted by Crippen LogP contribution is 1.97. The number of nitrogens with zero attached hydrogens (tertiary/aromatic N) is 2. The Bertz CT molecular complexity index is 434. The van der Waals surface area contributed by atoms with Crippen molar-refractivity contribution >= 4 is 17.8 Å². The summed E-state index contributed by atoms with van der Waals surface area (Å²) >= 11 is 0. The van der Waals surface area contributed by atoms with Gasteiger partial charge in [0.2, 0.25) is 5.91 Å². The molecule has 0 radical (unpaired) electrons. The largest absolute Gasteiger partial charge is 0.480 e. The second-order valence-electron chi connectivity index (χ2n) is 3.16. The summed E-state index contributed by atoms with van der Waals surface area (Å²) in [6, 6.07) is -1.36. The number of hydrogen-bond acceptors (Lipinski definition) is 5. The SMILES string of the molecule is NC(=O)CC(NC(=O)c1cncnc1)C(=O)O. The van der Waals surface area contributed by atoms with Gasteiger partial charge in [-0.3, -0.25) is 9.59 Å². The zero-order valence-corrected chi connectivity index (χ0v) is 8.66. The minimum absolute atomic E-state index is 0.100. The standard InChI is InChI=1S/C9H10N4O4/c10-7(14)1-6(9(16)17)13-8(15)5-2-11-4-12-3-5/h2-4,6H,1H2,(H2,10,14)(H,13,15)(H,16,17). The Morgan fingerprint density at radius 3 is 2.41 bits per heavy atom. The summed E-state index contributed by atoms with van der Waals surface area (Å²) in [7, 11) is 0. The van der Waals surface area contributed by atoms with Crippen LogP contribution in [0.25, 0.3) is 0 Å². The lowest BCUT2D eigenvalue weighted by Gasteiger charge is -2.12. The topological polar surface area (TPSA) is 135 Å². The van der Waals surface area contributed by atoms with E-state index in [-0.39, 0.29) is 5.56 Å². The molecule has 1 aromatic rings. The smallest absolute Gasteiger partial charge is 0.326 e. The van der Waals surface area contributed by atoms with Gasteiger partial charge >= 0.3 is 5.97 Å². The number of nitrogens with two attached hydrogens (primary N) is 1. The molecule has 2 amide bonds. The lowest BCUT2D eigenvalue weighted by atomic mass is 10.2. The number of carbonyl (C=O) groups is 3. The molecule has 0 fully saturated rings. The minimum atomic E-state index is -1.36. The summed E-state index contributed by atoms with van der Waals surface area (Å²) < 4.78 is 0. The molecule has 17 heavy (non-hydrogen) atoms. The molecule has 1 unspecified atom stereocenters. The summed E-state index contributed by atoms with van der Waals surface area (Å²) in [5, 5.41) is 10.9. The maximum Gasteiger partial charge on any atom is 0.326 e. The normalized spacial score (nSPS) is 11.5. The Kier molecular flexibility index (Phi) is 4.09. The highest BCUT2D eigenvalue weighted by molar-refractivity contribution is 5.97. The number of carbonyl (C=O) groups excluding carboxylic acids is 2. The van der Waals surface area contributed by atoms with Gasteiger partial charge in [-0.05, 0) is 0 Å². The second kappa shape index (κ2) is 5.54. The quantitative estimate of drug-likeness (QED) is 0.573. The van der Waals surface area contributed by atoms with E-state index < -0.39 is 30.2 Å². The van der Waals surface area contributed by atoms with Gasteiger partial charge in [0.05, 0.1) is 12.0 Å². The fourth-order valence-corrected chi connectivity index (χ4v) is 1.06. The molecule has 8 nitrogen and oxygen atoms in total. The first-order valence-electron chi connectivity index (χ1n) is 4.57. The van der Waals surface area contributed by atoms with Gasteiger partial charge in [0, 0.05) is 12.4 Å². The first-order valence-corrected chi connectivity index (χ1v) is 4.57. The van der Waals surface area contributed by atoms with E-state index in [0.29, 0.717) is 0 Å². The van der Waals surface area contributed by atoms with E-state index in [1.807, 2.05) is 0 Å². The van der Waals surface area contributed by atoms with Crippen LogP contribution in [0.5, 0.6) is 0 Å². The average molecular weight is 238 g/mol. The fourth-order valence-electron chi connectivity index (χ4n) is 1.06. The van der Waals surface area contributed by atoms with Crippen LogP contribution in [0.1, 0.15) is 16.8 Å². The molecule has 1 atom stereocenters. The minimum Gasteiger partial charge on any atom is -0.480 e. The number of carboxylic acid groups (broad SMARTS) is 1. The molecule has 0 saturated heterocycles. The van der Waals surface area contributed by atoms with Crippen molar-refractivity contribution in [2.45, 2.75) is 12.5 Å². The van der Waals surface area contributed by atoms with Gasteiger partial charge in [0.15, 0.2) is 0 Å². The first-order chi connectivity index (χ1) is 8.00. The molecule has 1 heterocycles. The summed E-state index contributed by atoms with van der Waals surface area (Å²) in [6.07, 6.45) is 3.21. The molecular formula is C9H10N4O4. The number of carboxylic acids is 1. The van der Waals surface area contributed by atoms with Gasteiger partial charge in [-0.25, -0.2) is 14.8 Å². The van der Waals surface area contributed by atoms with Crippen molar-refractivity contribution in [2.24, 2.45) is 5.73 Å². The van der Waals surface area contributed by atoms with Crippen LogP contribution in [-0.4, -0.2) is 38.9 Å². The zero-order valence-electron chi connectivity index (χ0n) is 8.66. The van der Waals surface area contributed by atoms with E-state index in [2.05, 4.69) is 15.3 Å². The lowest BCUT2D eigenvalue weighted by molar-refractivity contribution is -0.140. The van der Waals surface area contributed by atoms with Crippen molar-refractivity contribution in [1.82, 2.24) is 15.3 Å². The predicted octanol–water partition coefficient (Wildman–Crippen LogP) is -1.46. The van der Waals surface area contributed by atoms with E-state index in [9.17, 15) is 14.4 Å². The predicted molar refractivity (Wildman–Crippen MR) is 54.7 cm³/mol. The van der Waals surface area contributed by atoms with Crippen molar-refractivity contribution in [3.63, 3.8) is 0 Å². The molecule has 0 aliphatic carbocycles. The molecule has 0 aromatic carbocycles. The summed E-state index contributed by atoms with van der Waals surface area (Å²) in [5.41, 5.74) is 4.97. The van der Waals surface area contributed by atoms with Crippen LogP contribution in [0.2, 0.25) is 0 Å². The second-order valence-corrected chi connectivity index (χ2v) is 3.16. The highest BCUT2D eigenvalue weighted by Gasteiger charge is 2.22. The van der Waals surface area contributed by atoms with Gasteiger partial charge < -0.3 is 16.2 Å². The summed E-state index contributed by atoms with van der Waals surface area (Å²) in [5.74, 6) is -2.84. The van der Waals surface area contributed by atoms with Gasteiger partial charge in [-0.2, -0.15) is 0 Å². The number of rotatable bonds is 5. The third-order valence-corrected chi connectivity index (χ3v) is 1.83. The molecule has 4 N–H and O–H groups in total. The van der Waals surface area contributed by atoms with Gasteiger partial charge in [-0.1, -0.05) is 0 Å². The zero-order chi connectivity index (χ0) is 12.8. The van der Waals surface area contributed by atoms with Gasteiger partial charge in [0.25, 0.3) is 5.91 Å². The maximum absolute atomic E-state index is 11.5. The van der Waals surface area contributed by atoms with Crippen LogP contribution >= 0.6 is 0 Å². The van der Waals surface area contributed by atoms with E-state index in [1.54, 1.807) is 0 Å². The summed E-state index contributed by atoms with van der Waals surface area (Å²) in [6.45, 7) is 0. The average Bonchev–Trinajstić information content (AvgIpc) is 2.28. The number of aliphatic carboxylic acids is 1. The van der Waals surface area contributed by atoms with Crippen LogP contribution in [-0.2, 0) is 9.59 Å². The number of amides is 2. The van der Waals surface area contributed by atoms with Crippen LogP contribution in [0.4, 0.5) is 0 Å². The van der Waals surface area contributed by atoms with E-state index in [4.69, 9.17) is 10.8 Å². The Morgan fingerprint density at radius 1 is 1.35 bits per heavy atom. The number of aromatic nitrogens is 2. The van der Waals surface area contributed by atoms with E-state index in [0.717, 1.165) is 0 Å². The Hall–Kier alpha value is -2.51. The van der Waals surface area contributed by atoms with Crippen molar-refractivity contribution in [2.75, 3.05) is 0 Å². The van der Waals surface area contributed by atoms with Crippen molar-refractivity contribution < 1.29 is 19.5 Å². The Morgan fingerprint density at radius 2 is 1.94 bits per heavy atom. The number of hydrogen-bond donors (Lipinski definition) is 3. The third kappa shape index (κ3) is 3.86. The number of primary amides is 1. The van der Waals surface area contributed by atoms with Gasteiger partial charge in [-0.15, -0.1) is 0 Å². The molecule has 8 heteroatoms. The molecule has 90 valence electrons. The molecule has 0 spiro atoms. The van der Waals surface area contributed by atoms with Crippen LogP contribution in [0, 0.1) is 0 Å². The van der Waals surface area contributed by atoms with Crippen LogP contribution < -0.4 is 11.1 Å². The van der Waals surface area contributed by atoms with Crippen molar-refractivity contribution in [3.05, 3.63) is 24.3 Å². The molecule has 1 rings (SSSR count). The first kappa shape index (κ1) is 12.6. The van der Waals surface area contributed by atoms with Crippen LogP contribution in [0.15, 0.2) is 18.7 Å². The molecule has 0 aliphatic heterocycles. The number of nitrogens with one attached hydrogen (secondary N) is 1. The van der Waals surface area contributed by atoms with Crippen LogP contribution in [0.3, 0.4) is 0 Å². The highest BCUT2D eigenvalue weighted by atomic mass is 16.4. The van der Waals surface area contributed by atoms with Crippen molar-refractivity contribution in [3.8, 4) is 0 Å².